The molecule has 0 saturated carbocycles. The van der Waals surface area contributed by atoms with Gasteiger partial charge in [0.15, 0.2) is 0 Å². The summed E-state index contributed by atoms with van der Waals surface area (Å²) in [5.74, 6) is -0.409. The molecule has 0 amide bonds. The van der Waals surface area contributed by atoms with Gasteiger partial charge in [-0.3, -0.25) is 9.32 Å². The number of aliphatic hydroxyl groups is 1. The van der Waals surface area contributed by atoms with Crippen molar-refractivity contribution in [1.29, 1.82) is 0 Å². The van der Waals surface area contributed by atoms with Crippen LogP contribution in [0.2, 0.25) is 0 Å². The smallest absolute Gasteiger partial charge is 0.463 e. The summed E-state index contributed by atoms with van der Waals surface area (Å²) < 4.78 is 19.5. The molecule has 0 rings (SSSR count). The molecule has 0 aromatic heterocycles. The van der Waals surface area contributed by atoms with Gasteiger partial charge in [-0.2, -0.15) is 0 Å². The molecule has 7 nitrogen and oxygen atoms in total. The summed E-state index contributed by atoms with van der Waals surface area (Å²) in [7, 11) is -4.61. The molecule has 0 aliphatic heterocycles. The molecule has 163 valence electrons. The van der Waals surface area contributed by atoms with Gasteiger partial charge in [-0.25, -0.2) is 4.57 Å². The number of unbranched alkanes of at least 4 members (excludes halogenated alkanes) is 12. The molecule has 9 heteroatoms. The summed E-state index contributed by atoms with van der Waals surface area (Å²) in [5.41, 5.74) is 0. The number of hydrogen-bond donors (Lipinski definition) is 3. The first-order chi connectivity index (χ1) is 12.8. The topological polar surface area (TPSA) is 113 Å². The van der Waals surface area contributed by atoms with Gasteiger partial charge in [0.25, 0.3) is 0 Å². The van der Waals surface area contributed by atoms with Crippen LogP contribution in [0.25, 0.3) is 0 Å². The molecular weight excluding hydrogens is 394 g/mol. The monoisotopic (exact) mass is 433 g/mol. The Bertz CT molecular complexity index is 404. The van der Waals surface area contributed by atoms with Crippen molar-refractivity contribution in [1.82, 2.24) is 0 Å². The average Bonchev–Trinajstić information content (AvgIpc) is 2.61. The first kappa shape index (κ1) is 30.7. The zero-order chi connectivity index (χ0) is 20.4. The van der Waals surface area contributed by atoms with E-state index in [-0.39, 0.29) is 36.2 Å². The third kappa shape index (κ3) is 24.6. The number of esters is 1. The molecule has 0 unspecified atom stereocenters. The van der Waals surface area contributed by atoms with Crippen molar-refractivity contribution in [3.8, 4) is 0 Å². The molecule has 3 N–H and O–H groups in total. The number of ether oxygens (including phenoxy) is 1. The minimum Gasteiger partial charge on any atom is -0.463 e. The van der Waals surface area contributed by atoms with E-state index in [0.717, 1.165) is 19.3 Å². The molecule has 1 atom stereocenters. The van der Waals surface area contributed by atoms with Gasteiger partial charge in [0.1, 0.15) is 12.7 Å². The van der Waals surface area contributed by atoms with E-state index in [2.05, 4.69) is 11.4 Å². The van der Waals surface area contributed by atoms with Crippen molar-refractivity contribution in [2.45, 2.75) is 103 Å². The van der Waals surface area contributed by atoms with Gasteiger partial charge >= 0.3 is 13.8 Å². The fraction of sp³-hybridized carbons (Fsp3) is 0.947. The number of carbonyl (C=O) groups excluding carboxylic acids is 1. The summed E-state index contributed by atoms with van der Waals surface area (Å²) in [4.78, 5) is 28.5. The number of carbonyl (C=O) groups is 1. The average molecular weight is 433 g/mol. The van der Waals surface area contributed by atoms with E-state index in [1.165, 1.54) is 64.2 Å². The fourth-order valence-corrected chi connectivity index (χ4v) is 3.15. The predicted octanol–water partition coefficient (Wildman–Crippen LogP) is 4.10. The van der Waals surface area contributed by atoms with Crippen LogP contribution >= 0.6 is 7.82 Å². The third-order valence-electron chi connectivity index (χ3n) is 4.36. The zero-order valence-electron chi connectivity index (χ0n) is 17.8. The van der Waals surface area contributed by atoms with Crippen molar-refractivity contribution in [3.05, 3.63) is 0 Å². The summed E-state index contributed by atoms with van der Waals surface area (Å²) in [6, 6.07) is 0. The Morgan fingerprint density at radius 1 is 0.821 bits per heavy atom. The van der Waals surface area contributed by atoms with E-state index in [4.69, 9.17) is 14.5 Å². The third-order valence-corrected chi connectivity index (χ3v) is 4.84. The predicted molar refractivity (Wildman–Crippen MR) is 111 cm³/mol. The Labute approximate surface area is 192 Å². The molecule has 0 spiro atoms. The Hall–Kier alpha value is 0.540. The molecule has 0 saturated heterocycles. The molecule has 0 bridgehead atoms. The van der Waals surface area contributed by atoms with Crippen LogP contribution in [0.1, 0.15) is 96.8 Å². The number of phosphoric ester groups is 1. The number of hydrogen-bond acceptors (Lipinski definition) is 5. The van der Waals surface area contributed by atoms with Crippen LogP contribution in [0.15, 0.2) is 0 Å². The van der Waals surface area contributed by atoms with Gasteiger partial charge in [-0.1, -0.05) is 84.0 Å². The van der Waals surface area contributed by atoms with Gasteiger partial charge in [-0.15, -0.1) is 0 Å². The zero-order valence-corrected chi connectivity index (χ0v) is 20.7. The van der Waals surface area contributed by atoms with Gasteiger partial charge in [0.05, 0.1) is 6.61 Å². The van der Waals surface area contributed by atoms with E-state index in [9.17, 15) is 14.5 Å². The first-order valence-corrected chi connectivity index (χ1v) is 11.9. The van der Waals surface area contributed by atoms with Crippen LogP contribution in [0.3, 0.4) is 0 Å². The van der Waals surface area contributed by atoms with Crippen molar-refractivity contribution in [2.24, 2.45) is 0 Å². The second-order valence-corrected chi connectivity index (χ2v) is 8.36. The Balaban J connectivity index is 0. The van der Waals surface area contributed by atoms with Gasteiger partial charge in [0.2, 0.25) is 0 Å². The van der Waals surface area contributed by atoms with Crippen LogP contribution in [0.4, 0.5) is 0 Å². The Morgan fingerprint density at radius 3 is 1.68 bits per heavy atom. The number of phosphoric acid groups is 1. The second-order valence-electron chi connectivity index (χ2n) is 7.12. The quantitative estimate of drug-likeness (QED) is 0.122. The van der Waals surface area contributed by atoms with Crippen LogP contribution in [0.5, 0.6) is 0 Å². The standard InChI is InChI=1S/C19H39O7P.Na/c1-2-3-4-5-6-7-8-9-10-11-12-13-14-15-19(21)25-16-18(20)17-26-27(22,23)24;/h18,20H,2-17H2,1H3,(H2,22,23,24);/t18-;/m1./s1. The maximum atomic E-state index is 11.5. The van der Waals surface area contributed by atoms with Gasteiger partial charge in [-0.05, 0) is 6.42 Å². The molecule has 0 fully saturated rings. The molecular formula is C19H39NaO7P. The second kappa shape index (κ2) is 20.8. The maximum Gasteiger partial charge on any atom is 0.469 e. The van der Waals surface area contributed by atoms with E-state index >= 15 is 0 Å². The molecule has 1 radical (unpaired) electrons. The van der Waals surface area contributed by atoms with Crippen molar-refractivity contribution >= 4 is 43.3 Å². The van der Waals surface area contributed by atoms with Gasteiger partial charge < -0.3 is 19.6 Å². The van der Waals surface area contributed by atoms with E-state index < -0.39 is 26.5 Å². The first-order valence-electron chi connectivity index (χ1n) is 10.4. The summed E-state index contributed by atoms with van der Waals surface area (Å²) in [6.45, 7) is 1.34. The maximum absolute atomic E-state index is 11.5. The van der Waals surface area contributed by atoms with E-state index in [0.29, 0.717) is 6.42 Å². The summed E-state index contributed by atoms with van der Waals surface area (Å²) in [6.07, 6.45) is 15.1. The molecule has 0 aliphatic carbocycles. The molecule has 0 heterocycles. The van der Waals surface area contributed by atoms with Crippen molar-refractivity contribution in [3.63, 3.8) is 0 Å². The summed E-state index contributed by atoms with van der Waals surface area (Å²) in [5, 5.41) is 9.40. The largest absolute Gasteiger partial charge is 0.469 e. The minimum atomic E-state index is -4.61. The van der Waals surface area contributed by atoms with Crippen molar-refractivity contribution < 1.29 is 33.5 Å². The van der Waals surface area contributed by atoms with Crippen LogP contribution in [-0.4, -0.2) is 69.7 Å². The normalized spacial score (nSPS) is 12.4. The SMILES string of the molecule is CCCCCCCCCCCCCCCC(=O)OC[C@@H](O)COP(=O)(O)O.[Na]. The van der Waals surface area contributed by atoms with Crippen molar-refractivity contribution in [2.75, 3.05) is 13.2 Å². The van der Waals surface area contributed by atoms with Gasteiger partial charge in [0, 0.05) is 36.0 Å². The number of aliphatic hydroxyl groups excluding tert-OH is 1. The Morgan fingerprint density at radius 2 is 1.25 bits per heavy atom. The fourth-order valence-electron chi connectivity index (χ4n) is 2.78. The minimum absolute atomic E-state index is 0. The van der Waals surface area contributed by atoms with E-state index in [1.54, 1.807) is 0 Å². The summed E-state index contributed by atoms with van der Waals surface area (Å²) >= 11 is 0. The molecule has 28 heavy (non-hydrogen) atoms. The Kier molecular flexibility index (Phi) is 22.8. The molecule has 0 aliphatic rings. The van der Waals surface area contributed by atoms with Crippen LogP contribution in [-0.2, 0) is 18.6 Å². The molecule has 0 aromatic carbocycles. The van der Waals surface area contributed by atoms with Crippen LogP contribution in [0, 0.1) is 0 Å². The molecule has 0 aromatic rings. The van der Waals surface area contributed by atoms with Crippen LogP contribution < -0.4 is 0 Å². The van der Waals surface area contributed by atoms with E-state index in [1.807, 2.05) is 0 Å². The number of rotatable bonds is 19.